The second-order valence-corrected chi connectivity index (χ2v) is 3.82. The van der Waals surface area contributed by atoms with E-state index in [9.17, 15) is 0 Å². The summed E-state index contributed by atoms with van der Waals surface area (Å²) in [6.45, 7) is 1.54. The lowest BCUT2D eigenvalue weighted by molar-refractivity contribution is 0.120. The second-order valence-electron chi connectivity index (χ2n) is 3.44. The van der Waals surface area contributed by atoms with Gasteiger partial charge >= 0.3 is 0 Å². The molecule has 0 aromatic carbocycles. The first-order chi connectivity index (χ1) is 7.27. The monoisotopic (exact) mass is 228 g/mol. The van der Waals surface area contributed by atoms with Crippen LogP contribution in [0.3, 0.4) is 0 Å². The Morgan fingerprint density at radius 3 is 3.20 bits per heavy atom. The van der Waals surface area contributed by atoms with E-state index in [1.54, 1.807) is 0 Å². The van der Waals surface area contributed by atoms with E-state index in [0.717, 1.165) is 19.4 Å². The molecule has 5 nitrogen and oxygen atoms in total. The predicted octanol–water partition coefficient (Wildman–Crippen LogP) is 1.30. The molecular formula is C9H13ClN4O. The number of rotatable bonds is 3. The third kappa shape index (κ3) is 2.49. The van der Waals surface area contributed by atoms with Crippen LogP contribution in [0.1, 0.15) is 12.8 Å². The van der Waals surface area contributed by atoms with Gasteiger partial charge in [-0.1, -0.05) is 11.6 Å². The molecule has 1 aromatic heterocycles. The zero-order valence-electron chi connectivity index (χ0n) is 8.24. The Labute approximate surface area is 93.0 Å². The number of halogens is 1. The van der Waals surface area contributed by atoms with Gasteiger partial charge in [0.1, 0.15) is 17.2 Å². The lowest BCUT2D eigenvalue weighted by Crippen LogP contribution is -2.19. The molecule has 0 amide bonds. The quantitative estimate of drug-likeness (QED) is 0.816. The van der Waals surface area contributed by atoms with Gasteiger partial charge in [-0.15, -0.1) is 0 Å². The zero-order chi connectivity index (χ0) is 10.7. The molecule has 0 radical (unpaired) electrons. The van der Waals surface area contributed by atoms with Crippen LogP contribution in [0.5, 0.6) is 0 Å². The number of nitrogens with zero attached hydrogens (tertiary/aromatic N) is 2. The van der Waals surface area contributed by atoms with Crippen molar-refractivity contribution >= 4 is 23.2 Å². The van der Waals surface area contributed by atoms with Crippen LogP contribution in [-0.4, -0.2) is 29.2 Å². The maximum Gasteiger partial charge on any atom is 0.150 e. The molecule has 3 N–H and O–H groups in total. The Kier molecular flexibility index (Phi) is 3.23. The summed E-state index contributed by atoms with van der Waals surface area (Å²) in [5.41, 5.74) is 5.55. The van der Waals surface area contributed by atoms with Crippen LogP contribution in [0.15, 0.2) is 6.33 Å². The fraction of sp³-hybridized carbons (Fsp3) is 0.556. The molecule has 1 aliphatic heterocycles. The number of hydrogen-bond acceptors (Lipinski definition) is 5. The van der Waals surface area contributed by atoms with E-state index in [0.29, 0.717) is 23.2 Å². The van der Waals surface area contributed by atoms with Crippen LogP contribution in [0.25, 0.3) is 0 Å². The molecule has 0 saturated carbocycles. The minimum atomic E-state index is 0.247. The van der Waals surface area contributed by atoms with E-state index in [-0.39, 0.29) is 6.10 Å². The summed E-state index contributed by atoms with van der Waals surface area (Å²) in [5, 5.41) is 3.48. The first-order valence-electron chi connectivity index (χ1n) is 4.89. The number of nitrogens with one attached hydrogen (secondary N) is 1. The van der Waals surface area contributed by atoms with Gasteiger partial charge in [0.2, 0.25) is 0 Å². The zero-order valence-corrected chi connectivity index (χ0v) is 9.00. The molecule has 15 heavy (non-hydrogen) atoms. The van der Waals surface area contributed by atoms with Crippen LogP contribution in [0.4, 0.5) is 11.6 Å². The molecule has 0 spiro atoms. The van der Waals surface area contributed by atoms with Gasteiger partial charge in [0.15, 0.2) is 5.82 Å². The largest absolute Gasteiger partial charge is 0.382 e. The molecule has 6 heteroatoms. The van der Waals surface area contributed by atoms with Crippen molar-refractivity contribution in [2.24, 2.45) is 0 Å². The summed E-state index contributed by atoms with van der Waals surface area (Å²) in [7, 11) is 0. The summed E-state index contributed by atoms with van der Waals surface area (Å²) in [4.78, 5) is 7.79. The highest BCUT2D eigenvalue weighted by Crippen LogP contribution is 2.23. The molecule has 1 saturated heterocycles. The molecule has 2 heterocycles. The Morgan fingerprint density at radius 2 is 2.47 bits per heavy atom. The lowest BCUT2D eigenvalue weighted by Gasteiger charge is -2.12. The number of nitrogens with two attached hydrogens (primary N) is 1. The van der Waals surface area contributed by atoms with Crippen molar-refractivity contribution in [3.63, 3.8) is 0 Å². The fourth-order valence-corrected chi connectivity index (χ4v) is 1.69. The smallest absolute Gasteiger partial charge is 0.150 e. The molecular weight excluding hydrogens is 216 g/mol. The first kappa shape index (κ1) is 10.4. The standard InChI is InChI=1S/C9H13ClN4O/c10-7-8(11)13-5-14-9(7)12-4-6-2-1-3-15-6/h5-6H,1-4H2,(H3,11,12,13,14). The van der Waals surface area contributed by atoms with Crippen molar-refractivity contribution in [2.75, 3.05) is 24.2 Å². The molecule has 1 unspecified atom stereocenters. The molecule has 2 rings (SSSR count). The Balaban J connectivity index is 1.95. The van der Waals surface area contributed by atoms with Gasteiger partial charge in [-0.05, 0) is 12.8 Å². The normalized spacial score (nSPS) is 20.5. The number of nitrogen functional groups attached to an aromatic ring is 1. The minimum Gasteiger partial charge on any atom is -0.382 e. The topological polar surface area (TPSA) is 73.1 Å². The third-order valence-electron chi connectivity index (χ3n) is 2.34. The molecule has 1 aromatic rings. The lowest BCUT2D eigenvalue weighted by atomic mass is 10.2. The number of aromatic nitrogens is 2. The summed E-state index contributed by atoms with van der Waals surface area (Å²) in [6, 6.07) is 0. The summed E-state index contributed by atoms with van der Waals surface area (Å²) >= 11 is 5.93. The SMILES string of the molecule is Nc1ncnc(NCC2CCCO2)c1Cl. The van der Waals surface area contributed by atoms with Crippen LogP contribution in [0.2, 0.25) is 5.02 Å². The molecule has 1 fully saturated rings. The number of hydrogen-bond donors (Lipinski definition) is 2. The molecule has 82 valence electrons. The van der Waals surface area contributed by atoms with Crippen molar-refractivity contribution in [3.05, 3.63) is 11.3 Å². The van der Waals surface area contributed by atoms with Crippen molar-refractivity contribution < 1.29 is 4.74 Å². The van der Waals surface area contributed by atoms with Gasteiger partial charge in [-0.3, -0.25) is 0 Å². The maximum atomic E-state index is 5.93. The van der Waals surface area contributed by atoms with Gasteiger partial charge in [0, 0.05) is 13.2 Å². The van der Waals surface area contributed by atoms with Gasteiger partial charge in [-0.25, -0.2) is 9.97 Å². The fourth-order valence-electron chi connectivity index (χ4n) is 1.52. The van der Waals surface area contributed by atoms with Crippen LogP contribution >= 0.6 is 11.6 Å². The molecule has 0 bridgehead atoms. The van der Waals surface area contributed by atoms with Crippen molar-refractivity contribution in [1.82, 2.24) is 9.97 Å². The van der Waals surface area contributed by atoms with Crippen molar-refractivity contribution in [1.29, 1.82) is 0 Å². The maximum absolute atomic E-state index is 5.93. The highest BCUT2D eigenvalue weighted by molar-refractivity contribution is 6.35. The average Bonchev–Trinajstić information content (AvgIpc) is 2.73. The van der Waals surface area contributed by atoms with E-state index in [2.05, 4.69) is 15.3 Å². The van der Waals surface area contributed by atoms with E-state index >= 15 is 0 Å². The average molecular weight is 229 g/mol. The molecule has 1 atom stereocenters. The predicted molar refractivity (Wildman–Crippen MR) is 58.9 cm³/mol. The van der Waals surface area contributed by atoms with Gasteiger partial charge in [0.05, 0.1) is 6.10 Å². The van der Waals surface area contributed by atoms with Crippen LogP contribution in [0, 0.1) is 0 Å². The van der Waals surface area contributed by atoms with E-state index in [1.165, 1.54) is 6.33 Å². The highest BCUT2D eigenvalue weighted by Gasteiger charge is 2.16. The summed E-state index contributed by atoms with van der Waals surface area (Å²) in [6.07, 6.45) is 3.83. The van der Waals surface area contributed by atoms with Crippen molar-refractivity contribution in [3.8, 4) is 0 Å². The number of anilines is 2. The van der Waals surface area contributed by atoms with Gasteiger partial charge < -0.3 is 15.8 Å². The first-order valence-corrected chi connectivity index (χ1v) is 5.26. The summed E-state index contributed by atoms with van der Waals surface area (Å²) in [5.74, 6) is 0.862. The van der Waals surface area contributed by atoms with Gasteiger partial charge in [-0.2, -0.15) is 0 Å². The number of ether oxygens (including phenoxy) is 1. The van der Waals surface area contributed by atoms with E-state index < -0.39 is 0 Å². The Bertz CT molecular complexity index is 341. The van der Waals surface area contributed by atoms with E-state index in [4.69, 9.17) is 22.1 Å². The Hall–Kier alpha value is -1.07. The van der Waals surface area contributed by atoms with Crippen LogP contribution in [-0.2, 0) is 4.74 Å². The highest BCUT2D eigenvalue weighted by atomic mass is 35.5. The van der Waals surface area contributed by atoms with Crippen molar-refractivity contribution in [2.45, 2.75) is 18.9 Å². The third-order valence-corrected chi connectivity index (χ3v) is 2.71. The molecule has 0 aliphatic carbocycles. The van der Waals surface area contributed by atoms with Crippen LogP contribution < -0.4 is 11.1 Å². The second kappa shape index (κ2) is 4.63. The minimum absolute atomic E-state index is 0.247. The summed E-state index contributed by atoms with van der Waals surface area (Å²) < 4.78 is 5.46. The molecule has 1 aliphatic rings. The van der Waals surface area contributed by atoms with E-state index in [1.807, 2.05) is 0 Å². The Morgan fingerprint density at radius 1 is 1.60 bits per heavy atom. The van der Waals surface area contributed by atoms with Gasteiger partial charge in [0.25, 0.3) is 0 Å².